The molecule has 0 radical (unpaired) electrons. The monoisotopic (exact) mass is 306 g/mol. The molecule has 5 heteroatoms. The summed E-state index contributed by atoms with van der Waals surface area (Å²) in [6, 6.07) is 17.9. The number of aromatic nitrogens is 2. The Balaban J connectivity index is 2.02. The molecule has 1 heterocycles. The van der Waals surface area contributed by atoms with E-state index in [9.17, 15) is 0 Å². The minimum absolute atomic E-state index is 0.682. The van der Waals surface area contributed by atoms with Crippen LogP contribution in [0, 0.1) is 0 Å². The van der Waals surface area contributed by atoms with Crippen molar-refractivity contribution in [2.24, 2.45) is 10.9 Å². The Morgan fingerprint density at radius 1 is 1.13 bits per heavy atom. The van der Waals surface area contributed by atoms with Gasteiger partial charge in [-0.3, -0.25) is 4.68 Å². The zero-order chi connectivity index (χ0) is 16.1. The van der Waals surface area contributed by atoms with Gasteiger partial charge in [-0.15, -0.1) is 0 Å². The second-order valence-electron chi connectivity index (χ2n) is 5.09. The average Bonchev–Trinajstić information content (AvgIpc) is 2.98. The highest BCUT2D eigenvalue weighted by atomic mass is 16.5. The number of para-hydroxylation sites is 1. The zero-order valence-electron chi connectivity index (χ0n) is 12.9. The van der Waals surface area contributed by atoms with Crippen molar-refractivity contribution in [3.8, 4) is 17.0 Å². The molecule has 116 valence electrons. The fourth-order valence-electron chi connectivity index (χ4n) is 2.51. The first-order valence-corrected chi connectivity index (χ1v) is 7.30. The molecular weight excluding hydrogens is 288 g/mol. The van der Waals surface area contributed by atoms with E-state index in [1.54, 1.807) is 13.3 Å². The van der Waals surface area contributed by atoms with Crippen LogP contribution in [0.2, 0.25) is 0 Å². The molecule has 2 N–H and O–H groups in total. The molecule has 0 aliphatic heterocycles. The van der Waals surface area contributed by atoms with Gasteiger partial charge in [-0.2, -0.15) is 10.2 Å². The second kappa shape index (κ2) is 6.79. The Labute approximate surface area is 135 Å². The smallest absolute Gasteiger partial charge is 0.128 e. The van der Waals surface area contributed by atoms with Crippen LogP contribution in [0.4, 0.5) is 0 Å². The molecule has 3 aromatic rings. The molecule has 23 heavy (non-hydrogen) atoms. The number of ether oxygens (including phenoxy) is 1. The maximum absolute atomic E-state index is 5.44. The first-order valence-electron chi connectivity index (χ1n) is 7.30. The molecule has 0 atom stereocenters. The molecule has 0 amide bonds. The summed E-state index contributed by atoms with van der Waals surface area (Å²) in [4.78, 5) is 0. The Morgan fingerprint density at radius 3 is 2.61 bits per heavy atom. The third kappa shape index (κ3) is 3.23. The molecule has 0 saturated carbocycles. The van der Waals surface area contributed by atoms with Gasteiger partial charge in [0.25, 0.3) is 0 Å². The van der Waals surface area contributed by atoms with Gasteiger partial charge in [-0.25, -0.2) is 0 Å². The van der Waals surface area contributed by atoms with E-state index in [4.69, 9.17) is 15.7 Å². The molecule has 2 aromatic carbocycles. The summed E-state index contributed by atoms with van der Waals surface area (Å²) in [5.74, 6) is 6.11. The third-order valence-corrected chi connectivity index (χ3v) is 3.55. The van der Waals surface area contributed by atoms with Crippen LogP contribution in [0.15, 0.2) is 65.9 Å². The Bertz CT molecular complexity index is 809. The van der Waals surface area contributed by atoms with Crippen LogP contribution >= 0.6 is 0 Å². The van der Waals surface area contributed by atoms with E-state index in [2.05, 4.69) is 17.2 Å². The molecule has 0 unspecified atom stereocenters. The topological polar surface area (TPSA) is 65.4 Å². The summed E-state index contributed by atoms with van der Waals surface area (Å²) in [5, 5.41) is 8.34. The van der Waals surface area contributed by atoms with Gasteiger partial charge >= 0.3 is 0 Å². The highest BCUT2D eigenvalue weighted by Gasteiger charge is 2.14. The maximum Gasteiger partial charge on any atom is 0.128 e. The SMILES string of the molecule is COc1ccccc1-c1nn(Cc2ccccc2)cc1/C=N\N. The van der Waals surface area contributed by atoms with E-state index in [-0.39, 0.29) is 0 Å². The van der Waals surface area contributed by atoms with Crippen molar-refractivity contribution in [2.45, 2.75) is 6.54 Å². The number of rotatable bonds is 5. The number of hydrogen-bond acceptors (Lipinski definition) is 4. The zero-order valence-corrected chi connectivity index (χ0v) is 12.9. The number of benzene rings is 2. The molecule has 3 rings (SSSR count). The Morgan fingerprint density at radius 2 is 1.87 bits per heavy atom. The summed E-state index contributed by atoms with van der Waals surface area (Å²) in [6.07, 6.45) is 3.54. The highest BCUT2D eigenvalue weighted by molar-refractivity contribution is 5.89. The van der Waals surface area contributed by atoms with Crippen molar-refractivity contribution in [1.29, 1.82) is 0 Å². The lowest BCUT2D eigenvalue weighted by atomic mass is 10.1. The van der Waals surface area contributed by atoms with E-state index in [0.717, 1.165) is 22.6 Å². The fourth-order valence-corrected chi connectivity index (χ4v) is 2.51. The van der Waals surface area contributed by atoms with Gasteiger partial charge in [-0.1, -0.05) is 42.5 Å². The van der Waals surface area contributed by atoms with Crippen LogP contribution in [0.3, 0.4) is 0 Å². The van der Waals surface area contributed by atoms with Crippen LogP contribution in [0.1, 0.15) is 11.1 Å². The molecule has 5 nitrogen and oxygen atoms in total. The lowest BCUT2D eigenvalue weighted by Crippen LogP contribution is -2.00. The van der Waals surface area contributed by atoms with Crippen LogP contribution in [-0.2, 0) is 6.54 Å². The van der Waals surface area contributed by atoms with Crippen molar-refractivity contribution in [3.63, 3.8) is 0 Å². The minimum Gasteiger partial charge on any atom is -0.496 e. The summed E-state index contributed by atoms with van der Waals surface area (Å²) in [7, 11) is 1.65. The van der Waals surface area contributed by atoms with Gasteiger partial charge in [0.05, 0.1) is 19.9 Å². The number of hydrogen-bond donors (Lipinski definition) is 1. The molecular formula is C18H18N4O. The van der Waals surface area contributed by atoms with Gasteiger partial charge in [0.1, 0.15) is 11.4 Å². The normalized spacial score (nSPS) is 11.0. The standard InChI is InChI=1S/C18H18N4O/c1-23-17-10-6-5-9-16(17)18-15(11-20-19)13-22(21-18)12-14-7-3-2-4-8-14/h2-11,13H,12,19H2,1H3/b20-11-. The van der Waals surface area contributed by atoms with E-state index in [1.807, 2.05) is 53.3 Å². The largest absolute Gasteiger partial charge is 0.496 e. The van der Waals surface area contributed by atoms with Crippen molar-refractivity contribution >= 4 is 6.21 Å². The molecule has 0 saturated heterocycles. The lowest BCUT2D eigenvalue weighted by molar-refractivity contribution is 0.416. The Hall–Kier alpha value is -3.08. The molecule has 1 aromatic heterocycles. The highest BCUT2D eigenvalue weighted by Crippen LogP contribution is 2.30. The average molecular weight is 306 g/mol. The van der Waals surface area contributed by atoms with Crippen LogP contribution < -0.4 is 10.6 Å². The number of nitrogens with two attached hydrogens (primary N) is 1. The number of methoxy groups -OCH3 is 1. The van der Waals surface area contributed by atoms with Crippen LogP contribution in [-0.4, -0.2) is 23.1 Å². The number of nitrogens with zero attached hydrogens (tertiary/aromatic N) is 3. The van der Waals surface area contributed by atoms with Gasteiger partial charge in [-0.05, 0) is 17.7 Å². The fraction of sp³-hybridized carbons (Fsp3) is 0.111. The predicted octanol–water partition coefficient (Wildman–Crippen LogP) is 2.90. The lowest BCUT2D eigenvalue weighted by Gasteiger charge is -2.06. The van der Waals surface area contributed by atoms with E-state index in [0.29, 0.717) is 6.54 Å². The van der Waals surface area contributed by atoms with Gasteiger partial charge in [0, 0.05) is 17.3 Å². The van der Waals surface area contributed by atoms with Crippen molar-refractivity contribution in [2.75, 3.05) is 7.11 Å². The van der Waals surface area contributed by atoms with Gasteiger partial charge < -0.3 is 10.6 Å². The summed E-state index contributed by atoms with van der Waals surface area (Å²) in [6.45, 7) is 0.682. The third-order valence-electron chi connectivity index (χ3n) is 3.55. The van der Waals surface area contributed by atoms with Gasteiger partial charge in [0.15, 0.2) is 0 Å². The predicted molar refractivity (Wildman–Crippen MR) is 91.5 cm³/mol. The molecule has 0 aliphatic rings. The first-order chi connectivity index (χ1) is 11.3. The van der Waals surface area contributed by atoms with E-state index >= 15 is 0 Å². The number of hydrazone groups is 1. The first kappa shape index (κ1) is 14.8. The molecule has 0 spiro atoms. The van der Waals surface area contributed by atoms with Crippen LogP contribution in [0.5, 0.6) is 5.75 Å². The van der Waals surface area contributed by atoms with Crippen molar-refractivity contribution < 1.29 is 4.74 Å². The van der Waals surface area contributed by atoms with Crippen LogP contribution in [0.25, 0.3) is 11.3 Å². The van der Waals surface area contributed by atoms with E-state index < -0.39 is 0 Å². The minimum atomic E-state index is 0.682. The quantitative estimate of drug-likeness (QED) is 0.448. The second-order valence-corrected chi connectivity index (χ2v) is 5.09. The molecule has 0 aliphatic carbocycles. The van der Waals surface area contributed by atoms with Gasteiger partial charge in [0.2, 0.25) is 0 Å². The Kier molecular flexibility index (Phi) is 4.38. The summed E-state index contributed by atoms with van der Waals surface area (Å²) < 4.78 is 7.32. The van der Waals surface area contributed by atoms with E-state index in [1.165, 1.54) is 5.56 Å². The summed E-state index contributed by atoms with van der Waals surface area (Å²) in [5.41, 5.74) is 3.75. The molecule has 0 bridgehead atoms. The van der Waals surface area contributed by atoms with Crippen molar-refractivity contribution in [1.82, 2.24) is 9.78 Å². The maximum atomic E-state index is 5.44. The summed E-state index contributed by atoms with van der Waals surface area (Å²) >= 11 is 0. The molecule has 0 fully saturated rings. The van der Waals surface area contributed by atoms with Crippen molar-refractivity contribution in [3.05, 3.63) is 71.9 Å².